The van der Waals surface area contributed by atoms with Gasteiger partial charge in [0.2, 0.25) is 11.8 Å². The SMILES string of the molecule is CC(=O)Nc1cccc(N=Nc2cccc(NC(C)=O)c2C)c1C. The maximum atomic E-state index is 11.2. The van der Waals surface area contributed by atoms with Crippen LogP contribution in [0.1, 0.15) is 25.0 Å². The van der Waals surface area contributed by atoms with E-state index in [1.54, 1.807) is 0 Å². The minimum absolute atomic E-state index is 0.133. The summed E-state index contributed by atoms with van der Waals surface area (Å²) in [5.41, 5.74) is 4.45. The smallest absolute Gasteiger partial charge is 0.221 e. The van der Waals surface area contributed by atoms with Crippen LogP contribution in [0.25, 0.3) is 0 Å². The molecule has 0 saturated heterocycles. The summed E-state index contributed by atoms with van der Waals surface area (Å²) in [5.74, 6) is -0.267. The molecule has 0 atom stereocenters. The van der Waals surface area contributed by atoms with Gasteiger partial charge in [0.25, 0.3) is 0 Å². The quantitative estimate of drug-likeness (QED) is 0.803. The molecule has 0 saturated carbocycles. The zero-order valence-corrected chi connectivity index (χ0v) is 14.2. The van der Waals surface area contributed by atoms with Crippen LogP contribution < -0.4 is 10.6 Å². The molecular weight excluding hydrogens is 304 g/mol. The fraction of sp³-hybridized carbons (Fsp3) is 0.222. The molecule has 0 bridgehead atoms. The summed E-state index contributed by atoms with van der Waals surface area (Å²) < 4.78 is 0. The molecular formula is C18H20N4O2. The highest BCUT2D eigenvalue weighted by Crippen LogP contribution is 2.30. The monoisotopic (exact) mass is 324 g/mol. The van der Waals surface area contributed by atoms with Crippen molar-refractivity contribution in [2.45, 2.75) is 27.7 Å². The van der Waals surface area contributed by atoms with Gasteiger partial charge in [-0.3, -0.25) is 9.59 Å². The van der Waals surface area contributed by atoms with Gasteiger partial charge in [-0.1, -0.05) is 12.1 Å². The summed E-state index contributed by atoms with van der Waals surface area (Å²) in [6, 6.07) is 10.9. The number of anilines is 2. The molecule has 0 radical (unpaired) electrons. The van der Waals surface area contributed by atoms with Gasteiger partial charge in [0.05, 0.1) is 11.4 Å². The first-order valence-corrected chi connectivity index (χ1v) is 7.54. The van der Waals surface area contributed by atoms with E-state index >= 15 is 0 Å². The summed E-state index contributed by atoms with van der Waals surface area (Å²) in [6.07, 6.45) is 0. The van der Waals surface area contributed by atoms with Crippen LogP contribution in [0.4, 0.5) is 22.7 Å². The fourth-order valence-corrected chi connectivity index (χ4v) is 2.22. The summed E-state index contributed by atoms with van der Waals surface area (Å²) in [4.78, 5) is 22.5. The highest BCUT2D eigenvalue weighted by molar-refractivity contribution is 5.91. The molecule has 0 aliphatic heterocycles. The number of amides is 2. The van der Waals surface area contributed by atoms with Crippen LogP contribution in [-0.2, 0) is 9.59 Å². The average Bonchev–Trinajstić information content (AvgIpc) is 2.50. The van der Waals surface area contributed by atoms with Crippen LogP contribution in [0.15, 0.2) is 46.6 Å². The van der Waals surface area contributed by atoms with E-state index in [-0.39, 0.29) is 11.8 Å². The molecule has 6 nitrogen and oxygen atoms in total. The van der Waals surface area contributed by atoms with Crippen LogP contribution in [0.3, 0.4) is 0 Å². The zero-order chi connectivity index (χ0) is 17.7. The standard InChI is InChI=1S/C18H20N4O2/c1-11-15(19-13(3)23)7-5-9-17(11)21-22-18-10-6-8-16(12(18)2)20-14(4)24/h5-10H,1-4H3,(H,19,23)(H,20,24). The zero-order valence-electron chi connectivity index (χ0n) is 14.2. The number of benzene rings is 2. The van der Waals surface area contributed by atoms with Gasteiger partial charge in [-0.05, 0) is 38.1 Å². The number of hydrogen-bond donors (Lipinski definition) is 2. The van der Waals surface area contributed by atoms with Gasteiger partial charge in [0.1, 0.15) is 0 Å². The van der Waals surface area contributed by atoms with Crippen LogP contribution in [0, 0.1) is 13.8 Å². The number of azo groups is 1. The lowest BCUT2D eigenvalue weighted by atomic mass is 10.1. The highest BCUT2D eigenvalue weighted by Gasteiger charge is 2.07. The molecule has 0 aliphatic carbocycles. The Morgan fingerprint density at radius 1 is 0.750 bits per heavy atom. The number of carbonyl (C=O) groups is 2. The van der Waals surface area contributed by atoms with Crippen molar-refractivity contribution in [3.8, 4) is 0 Å². The maximum Gasteiger partial charge on any atom is 0.221 e. The molecule has 6 heteroatoms. The molecule has 0 heterocycles. The largest absolute Gasteiger partial charge is 0.326 e. The van der Waals surface area contributed by atoms with Crippen LogP contribution in [0.2, 0.25) is 0 Å². The number of hydrogen-bond acceptors (Lipinski definition) is 4. The molecule has 2 amide bonds. The Morgan fingerprint density at radius 2 is 1.12 bits per heavy atom. The van der Waals surface area contributed by atoms with Crippen molar-refractivity contribution in [2.24, 2.45) is 10.2 Å². The predicted molar refractivity (Wildman–Crippen MR) is 95.1 cm³/mol. The van der Waals surface area contributed by atoms with E-state index in [9.17, 15) is 9.59 Å². The Labute approximate surface area is 141 Å². The lowest BCUT2D eigenvalue weighted by molar-refractivity contribution is -0.115. The second-order valence-corrected chi connectivity index (χ2v) is 5.46. The molecule has 0 aromatic heterocycles. The van der Waals surface area contributed by atoms with Gasteiger partial charge >= 0.3 is 0 Å². The van der Waals surface area contributed by atoms with E-state index in [0.717, 1.165) is 11.1 Å². The average molecular weight is 324 g/mol. The Kier molecular flexibility index (Phi) is 5.42. The molecule has 2 rings (SSSR count). The first kappa shape index (κ1) is 17.3. The number of nitrogens with one attached hydrogen (secondary N) is 2. The van der Waals surface area contributed by atoms with E-state index in [1.807, 2.05) is 50.2 Å². The van der Waals surface area contributed by atoms with Gasteiger partial charge in [-0.2, -0.15) is 10.2 Å². The molecule has 124 valence electrons. The molecule has 0 fully saturated rings. The van der Waals surface area contributed by atoms with Crippen molar-refractivity contribution in [3.05, 3.63) is 47.5 Å². The minimum atomic E-state index is -0.133. The van der Waals surface area contributed by atoms with Crippen molar-refractivity contribution >= 4 is 34.6 Å². The van der Waals surface area contributed by atoms with Crippen LogP contribution >= 0.6 is 0 Å². The molecule has 2 aromatic rings. The Bertz CT molecular complexity index is 745. The first-order valence-electron chi connectivity index (χ1n) is 7.54. The van der Waals surface area contributed by atoms with Crippen LogP contribution in [-0.4, -0.2) is 11.8 Å². The molecule has 0 aliphatic rings. The Balaban J connectivity index is 2.32. The third-order valence-electron chi connectivity index (χ3n) is 3.50. The van der Waals surface area contributed by atoms with E-state index in [1.165, 1.54) is 13.8 Å². The van der Waals surface area contributed by atoms with Crippen molar-refractivity contribution in [1.82, 2.24) is 0 Å². The predicted octanol–water partition coefficient (Wildman–Crippen LogP) is 4.64. The van der Waals surface area contributed by atoms with Crippen molar-refractivity contribution < 1.29 is 9.59 Å². The topological polar surface area (TPSA) is 82.9 Å². The number of carbonyl (C=O) groups excluding carboxylic acids is 2. The number of nitrogens with zero attached hydrogens (tertiary/aromatic N) is 2. The van der Waals surface area contributed by atoms with Gasteiger partial charge < -0.3 is 10.6 Å². The third kappa shape index (κ3) is 4.25. The van der Waals surface area contributed by atoms with E-state index in [4.69, 9.17) is 0 Å². The lowest BCUT2D eigenvalue weighted by Gasteiger charge is -2.09. The lowest BCUT2D eigenvalue weighted by Crippen LogP contribution is -2.07. The van der Waals surface area contributed by atoms with Gasteiger partial charge in [0.15, 0.2) is 0 Å². The summed E-state index contributed by atoms with van der Waals surface area (Å²) in [5, 5.41) is 14.1. The summed E-state index contributed by atoms with van der Waals surface area (Å²) >= 11 is 0. The molecule has 2 aromatic carbocycles. The van der Waals surface area contributed by atoms with E-state index in [2.05, 4.69) is 20.9 Å². The van der Waals surface area contributed by atoms with Gasteiger partial charge in [-0.15, -0.1) is 0 Å². The first-order chi connectivity index (χ1) is 11.4. The summed E-state index contributed by atoms with van der Waals surface area (Å²) in [6.45, 7) is 6.68. The normalized spacial score (nSPS) is 10.7. The maximum absolute atomic E-state index is 11.2. The van der Waals surface area contributed by atoms with Crippen molar-refractivity contribution in [2.75, 3.05) is 10.6 Å². The van der Waals surface area contributed by atoms with E-state index < -0.39 is 0 Å². The van der Waals surface area contributed by atoms with Gasteiger partial charge in [0, 0.05) is 36.3 Å². The van der Waals surface area contributed by atoms with E-state index in [0.29, 0.717) is 22.7 Å². The van der Waals surface area contributed by atoms with Crippen molar-refractivity contribution in [3.63, 3.8) is 0 Å². The molecule has 2 N–H and O–H groups in total. The third-order valence-corrected chi connectivity index (χ3v) is 3.50. The fourth-order valence-electron chi connectivity index (χ4n) is 2.22. The molecule has 0 unspecified atom stereocenters. The summed E-state index contributed by atoms with van der Waals surface area (Å²) in [7, 11) is 0. The molecule has 24 heavy (non-hydrogen) atoms. The Morgan fingerprint density at radius 3 is 1.46 bits per heavy atom. The van der Waals surface area contributed by atoms with Gasteiger partial charge in [-0.25, -0.2) is 0 Å². The molecule has 0 spiro atoms. The van der Waals surface area contributed by atoms with Crippen LogP contribution in [0.5, 0.6) is 0 Å². The Hall–Kier alpha value is -3.02. The highest BCUT2D eigenvalue weighted by atomic mass is 16.2. The van der Waals surface area contributed by atoms with Crippen molar-refractivity contribution in [1.29, 1.82) is 0 Å². The minimum Gasteiger partial charge on any atom is -0.326 e. The number of rotatable bonds is 4. The second-order valence-electron chi connectivity index (χ2n) is 5.46. The second kappa shape index (κ2) is 7.50.